The smallest absolute Gasteiger partial charge is 0.0767 e. The molecule has 2 heterocycles. The van der Waals surface area contributed by atoms with Gasteiger partial charge in [-0.2, -0.15) is 5.10 Å². The van der Waals surface area contributed by atoms with E-state index in [9.17, 15) is 5.11 Å². The van der Waals surface area contributed by atoms with Crippen molar-refractivity contribution < 1.29 is 5.11 Å². The number of hydrogen-bond donors (Lipinski definition) is 1. The molecule has 1 aliphatic rings. The molecule has 1 saturated heterocycles. The van der Waals surface area contributed by atoms with Crippen molar-refractivity contribution in [1.82, 2.24) is 14.7 Å². The Labute approximate surface area is 117 Å². The number of hydrogen-bond acceptors (Lipinski definition) is 3. The quantitative estimate of drug-likeness (QED) is 0.925. The van der Waals surface area contributed by atoms with Gasteiger partial charge in [-0.25, -0.2) is 0 Å². The van der Waals surface area contributed by atoms with Gasteiger partial charge in [0.15, 0.2) is 0 Å². The summed E-state index contributed by atoms with van der Waals surface area (Å²) in [5.74, 6) is 0. The van der Waals surface area contributed by atoms with Crippen LogP contribution in [0.2, 0.25) is 0 Å². The Morgan fingerprint density at radius 2 is 2.22 bits per heavy atom. The molecule has 4 nitrogen and oxygen atoms in total. The van der Waals surface area contributed by atoms with E-state index in [0.29, 0.717) is 6.04 Å². The molecule has 102 valence electrons. The third kappa shape index (κ3) is 2.78. The lowest BCUT2D eigenvalue weighted by Crippen LogP contribution is -2.41. The molecular weight excluding hydrogens is 294 g/mol. The lowest BCUT2D eigenvalue weighted by Gasteiger charge is -2.34. The van der Waals surface area contributed by atoms with E-state index >= 15 is 0 Å². The van der Waals surface area contributed by atoms with Crippen LogP contribution in [0, 0.1) is 0 Å². The summed E-state index contributed by atoms with van der Waals surface area (Å²) in [4.78, 5) is 2.38. The number of nitrogens with zero attached hydrogens (tertiary/aromatic N) is 3. The van der Waals surface area contributed by atoms with Gasteiger partial charge in [0, 0.05) is 19.6 Å². The zero-order valence-corrected chi connectivity index (χ0v) is 12.8. The van der Waals surface area contributed by atoms with Crippen LogP contribution in [0.3, 0.4) is 0 Å². The van der Waals surface area contributed by atoms with Gasteiger partial charge in [0.25, 0.3) is 0 Å². The zero-order valence-electron chi connectivity index (χ0n) is 11.2. The summed E-state index contributed by atoms with van der Waals surface area (Å²) >= 11 is 3.66. The summed E-state index contributed by atoms with van der Waals surface area (Å²) in [7, 11) is 2.00. The highest BCUT2D eigenvalue weighted by Crippen LogP contribution is 2.26. The van der Waals surface area contributed by atoms with E-state index in [4.69, 9.17) is 0 Å². The highest BCUT2D eigenvalue weighted by atomic mass is 79.9. The van der Waals surface area contributed by atoms with E-state index < -0.39 is 0 Å². The summed E-state index contributed by atoms with van der Waals surface area (Å²) in [6.07, 6.45) is 4.51. The van der Waals surface area contributed by atoms with Gasteiger partial charge < -0.3 is 5.11 Å². The first-order chi connectivity index (χ1) is 8.67. The SMILES string of the molecule is CCc1nn(C)c(CN2CCCCC2CO)c1Br. The van der Waals surface area contributed by atoms with Gasteiger partial charge in [0.1, 0.15) is 0 Å². The second-order valence-corrected chi connectivity index (χ2v) is 5.78. The molecule has 0 bridgehead atoms. The lowest BCUT2D eigenvalue weighted by molar-refractivity contribution is 0.0819. The number of piperidine rings is 1. The average molecular weight is 316 g/mol. The van der Waals surface area contributed by atoms with Crippen molar-refractivity contribution in [3.8, 4) is 0 Å². The third-order valence-electron chi connectivity index (χ3n) is 3.82. The van der Waals surface area contributed by atoms with Crippen molar-refractivity contribution in [3.05, 3.63) is 15.9 Å². The molecule has 5 heteroatoms. The maximum Gasteiger partial charge on any atom is 0.0767 e. The molecule has 0 saturated carbocycles. The van der Waals surface area contributed by atoms with Gasteiger partial charge in [-0.15, -0.1) is 0 Å². The molecule has 1 aromatic rings. The monoisotopic (exact) mass is 315 g/mol. The fourth-order valence-corrected chi connectivity index (χ4v) is 3.40. The number of aliphatic hydroxyl groups excluding tert-OH is 1. The lowest BCUT2D eigenvalue weighted by atomic mass is 10.0. The zero-order chi connectivity index (χ0) is 13.1. The minimum Gasteiger partial charge on any atom is -0.395 e. The molecule has 0 aliphatic carbocycles. The Hall–Kier alpha value is -0.390. The standard InChI is InChI=1S/C13H22BrN3O/c1-3-11-13(14)12(16(2)15-11)8-17-7-5-4-6-10(17)9-18/h10,18H,3-9H2,1-2H3. The Balaban J connectivity index is 2.15. The van der Waals surface area contributed by atoms with Gasteiger partial charge in [-0.3, -0.25) is 9.58 Å². The predicted molar refractivity (Wildman–Crippen MR) is 75.4 cm³/mol. The highest BCUT2D eigenvalue weighted by molar-refractivity contribution is 9.10. The number of rotatable bonds is 4. The fourth-order valence-electron chi connectivity index (χ4n) is 2.66. The summed E-state index contributed by atoms with van der Waals surface area (Å²) in [5.41, 5.74) is 2.33. The van der Waals surface area contributed by atoms with Crippen molar-refractivity contribution in [1.29, 1.82) is 0 Å². The van der Waals surface area contributed by atoms with Gasteiger partial charge >= 0.3 is 0 Å². The topological polar surface area (TPSA) is 41.3 Å². The highest BCUT2D eigenvalue weighted by Gasteiger charge is 2.24. The van der Waals surface area contributed by atoms with Crippen molar-refractivity contribution in [2.24, 2.45) is 7.05 Å². The minimum absolute atomic E-state index is 0.260. The van der Waals surface area contributed by atoms with Gasteiger partial charge in [-0.1, -0.05) is 13.3 Å². The third-order valence-corrected chi connectivity index (χ3v) is 4.73. The van der Waals surface area contributed by atoms with Gasteiger partial charge in [0.2, 0.25) is 0 Å². The molecule has 0 radical (unpaired) electrons. The molecule has 0 spiro atoms. The Kier molecular flexibility index (Phi) is 4.81. The maximum atomic E-state index is 9.45. The number of aryl methyl sites for hydroxylation is 2. The fraction of sp³-hybridized carbons (Fsp3) is 0.769. The Morgan fingerprint density at radius 3 is 2.83 bits per heavy atom. The molecule has 1 atom stereocenters. The molecule has 1 aromatic heterocycles. The molecule has 1 unspecified atom stereocenters. The number of halogens is 1. The van der Waals surface area contributed by atoms with Crippen LogP contribution < -0.4 is 0 Å². The van der Waals surface area contributed by atoms with Crippen LogP contribution in [-0.4, -0.2) is 39.0 Å². The maximum absolute atomic E-state index is 9.45. The number of likely N-dealkylation sites (tertiary alicyclic amines) is 1. The number of aliphatic hydroxyl groups is 1. The predicted octanol–water partition coefficient (Wildman–Crippen LogP) is 2.09. The van der Waals surface area contributed by atoms with Crippen LogP contribution in [-0.2, 0) is 20.0 Å². The molecule has 2 rings (SSSR count). The normalized spacial score (nSPS) is 21.4. The largest absolute Gasteiger partial charge is 0.395 e. The van der Waals surface area contributed by atoms with E-state index in [1.54, 1.807) is 0 Å². The molecular formula is C13H22BrN3O. The molecule has 0 aromatic carbocycles. The van der Waals surface area contributed by atoms with E-state index in [1.807, 2.05) is 11.7 Å². The van der Waals surface area contributed by atoms with E-state index in [0.717, 1.165) is 36.1 Å². The van der Waals surface area contributed by atoms with E-state index in [2.05, 4.69) is 32.9 Å². The number of aromatic nitrogens is 2. The molecule has 0 amide bonds. The second kappa shape index (κ2) is 6.17. The molecule has 1 fully saturated rings. The van der Waals surface area contributed by atoms with Crippen molar-refractivity contribution in [2.75, 3.05) is 13.2 Å². The molecule has 1 aliphatic heterocycles. The van der Waals surface area contributed by atoms with Gasteiger partial charge in [-0.05, 0) is 41.7 Å². The molecule has 1 N–H and O–H groups in total. The molecule has 18 heavy (non-hydrogen) atoms. The summed E-state index contributed by atoms with van der Waals surface area (Å²) in [5, 5.41) is 14.0. The van der Waals surface area contributed by atoms with E-state index in [-0.39, 0.29) is 6.61 Å². The van der Waals surface area contributed by atoms with Crippen LogP contribution in [0.25, 0.3) is 0 Å². The van der Waals surface area contributed by atoms with Crippen LogP contribution >= 0.6 is 15.9 Å². The summed E-state index contributed by atoms with van der Waals surface area (Å²) in [6, 6.07) is 0.311. The van der Waals surface area contributed by atoms with Crippen molar-refractivity contribution in [3.63, 3.8) is 0 Å². The Morgan fingerprint density at radius 1 is 1.44 bits per heavy atom. The van der Waals surface area contributed by atoms with Crippen molar-refractivity contribution >= 4 is 15.9 Å². The van der Waals surface area contributed by atoms with Crippen LogP contribution in [0.5, 0.6) is 0 Å². The summed E-state index contributed by atoms with van der Waals surface area (Å²) < 4.78 is 3.10. The second-order valence-electron chi connectivity index (χ2n) is 4.99. The first kappa shape index (κ1) is 14.0. The van der Waals surface area contributed by atoms with Crippen molar-refractivity contribution in [2.45, 2.75) is 45.2 Å². The minimum atomic E-state index is 0.260. The Bertz CT molecular complexity index is 405. The summed E-state index contributed by atoms with van der Waals surface area (Å²) in [6.45, 7) is 4.32. The van der Waals surface area contributed by atoms with Crippen LogP contribution in [0.4, 0.5) is 0 Å². The van der Waals surface area contributed by atoms with Crippen LogP contribution in [0.1, 0.15) is 37.6 Å². The average Bonchev–Trinajstić information content (AvgIpc) is 2.66. The van der Waals surface area contributed by atoms with Gasteiger partial charge in [0.05, 0.1) is 22.5 Å². The first-order valence-electron chi connectivity index (χ1n) is 6.72. The van der Waals surface area contributed by atoms with Crippen LogP contribution in [0.15, 0.2) is 4.47 Å². The van der Waals surface area contributed by atoms with E-state index in [1.165, 1.54) is 18.5 Å². The first-order valence-corrected chi connectivity index (χ1v) is 7.51.